The molecule has 0 aromatic rings. The summed E-state index contributed by atoms with van der Waals surface area (Å²) in [4.78, 5) is 1.87. The summed E-state index contributed by atoms with van der Waals surface area (Å²) < 4.78 is 12.3. The van der Waals surface area contributed by atoms with E-state index in [2.05, 4.69) is 44.2 Å². The Bertz CT molecular complexity index is 426. The summed E-state index contributed by atoms with van der Waals surface area (Å²) in [6.07, 6.45) is 5.71. The lowest BCUT2D eigenvalue weighted by Crippen LogP contribution is -2.49. The Hall–Kier alpha value is 0.720. The van der Waals surface area contributed by atoms with Gasteiger partial charge in [-0.1, -0.05) is 37.9 Å². The van der Waals surface area contributed by atoms with Crippen molar-refractivity contribution in [3.05, 3.63) is 29.4 Å². The maximum Gasteiger partial charge on any atom is 0.0884 e. The molecule has 0 bridgehead atoms. The van der Waals surface area contributed by atoms with Crippen molar-refractivity contribution >= 4 is 55.1 Å². The van der Waals surface area contributed by atoms with Gasteiger partial charge in [-0.25, -0.2) is 0 Å². The highest BCUT2D eigenvalue weighted by molar-refractivity contribution is 9.11. The average molecular weight is 461 g/mol. The second kappa shape index (κ2) is 8.54. The molecule has 0 radical (unpaired) electrons. The molecule has 0 aliphatic carbocycles. The molecule has 0 amide bonds. The SMILES string of the molecule is C=CC1OC2CC(Cl)C(Cl)CC(C=C=CBr)OC2CC1Br. The Kier molecular flexibility index (Phi) is 7.34. The molecule has 21 heavy (non-hydrogen) atoms. The van der Waals surface area contributed by atoms with Gasteiger partial charge in [-0.2, -0.15) is 0 Å². The quantitative estimate of drug-likeness (QED) is 0.331. The molecule has 2 aliphatic heterocycles. The standard InChI is InChI=1S/C15H18Br2Cl2O2/c1-2-13-10(17)7-14-15(21-13)8-12(19)11(18)6-9(20-14)4-3-5-16/h2,4-5,9-15H,1,6-8H2. The molecule has 7 unspecified atom stereocenters. The number of hydrogen-bond acceptors (Lipinski definition) is 2. The molecule has 2 heterocycles. The van der Waals surface area contributed by atoms with Crippen LogP contribution in [0.1, 0.15) is 19.3 Å². The third-order valence-electron chi connectivity index (χ3n) is 3.79. The summed E-state index contributed by atoms with van der Waals surface area (Å²) in [6, 6.07) is 0. The molecular weight excluding hydrogens is 443 g/mol. The fraction of sp³-hybridized carbons (Fsp3) is 0.667. The van der Waals surface area contributed by atoms with Crippen LogP contribution in [0.4, 0.5) is 0 Å². The van der Waals surface area contributed by atoms with Gasteiger partial charge in [-0.05, 0) is 25.3 Å². The zero-order valence-electron chi connectivity index (χ0n) is 11.4. The van der Waals surface area contributed by atoms with E-state index in [1.807, 2.05) is 12.2 Å². The van der Waals surface area contributed by atoms with E-state index in [0.717, 1.165) is 6.42 Å². The number of hydrogen-bond donors (Lipinski definition) is 0. The zero-order chi connectivity index (χ0) is 15.4. The second-order valence-corrected chi connectivity index (χ2v) is 8.04. The molecule has 0 saturated carbocycles. The van der Waals surface area contributed by atoms with E-state index < -0.39 is 0 Å². The highest BCUT2D eigenvalue weighted by atomic mass is 79.9. The predicted molar refractivity (Wildman–Crippen MR) is 94.9 cm³/mol. The number of fused-ring (bicyclic) bond motifs is 1. The predicted octanol–water partition coefficient (Wildman–Crippen LogP) is 4.92. The summed E-state index contributed by atoms with van der Waals surface area (Å²) in [6.45, 7) is 3.82. The van der Waals surface area contributed by atoms with Crippen molar-refractivity contribution in [3.8, 4) is 0 Å². The van der Waals surface area contributed by atoms with Gasteiger partial charge >= 0.3 is 0 Å². The highest BCUT2D eigenvalue weighted by Crippen LogP contribution is 2.36. The third kappa shape index (κ3) is 4.84. The van der Waals surface area contributed by atoms with Crippen molar-refractivity contribution < 1.29 is 9.47 Å². The van der Waals surface area contributed by atoms with Crippen LogP contribution in [0.5, 0.6) is 0 Å². The van der Waals surface area contributed by atoms with Crippen molar-refractivity contribution in [3.63, 3.8) is 0 Å². The minimum atomic E-state index is -0.154. The van der Waals surface area contributed by atoms with Crippen LogP contribution in [0.15, 0.2) is 29.4 Å². The minimum absolute atomic E-state index is 0.00522. The lowest BCUT2D eigenvalue weighted by Gasteiger charge is -2.42. The first kappa shape index (κ1) is 18.1. The molecule has 0 aromatic heterocycles. The van der Waals surface area contributed by atoms with E-state index >= 15 is 0 Å². The monoisotopic (exact) mass is 458 g/mol. The summed E-state index contributed by atoms with van der Waals surface area (Å²) in [7, 11) is 0. The van der Waals surface area contributed by atoms with E-state index in [9.17, 15) is 0 Å². The lowest BCUT2D eigenvalue weighted by atomic mass is 9.93. The van der Waals surface area contributed by atoms with Crippen molar-refractivity contribution in [1.29, 1.82) is 0 Å². The normalized spacial score (nSPS) is 43.7. The molecular formula is C15H18Br2Cl2O2. The van der Waals surface area contributed by atoms with Crippen LogP contribution in [-0.4, -0.2) is 40.0 Å². The Morgan fingerprint density at radius 2 is 1.76 bits per heavy atom. The lowest BCUT2D eigenvalue weighted by molar-refractivity contribution is -0.143. The number of ether oxygens (including phenoxy) is 2. The number of rotatable bonds is 2. The summed E-state index contributed by atoms with van der Waals surface area (Å²) in [5.41, 5.74) is 3.00. The molecule has 6 heteroatoms. The first-order chi connectivity index (χ1) is 10.0. The van der Waals surface area contributed by atoms with Gasteiger partial charge in [0.15, 0.2) is 0 Å². The Morgan fingerprint density at radius 3 is 2.43 bits per heavy atom. The van der Waals surface area contributed by atoms with Crippen molar-refractivity contribution in [1.82, 2.24) is 0 Å². The van der Waals surface area contributed by atoms with Crippen LogP contribution >= 0.6 is 55.1 Å². The molecule has 2 nitrogen and oxygen atoms in total. The molecule has 118 valence electrons. The van der Waals surface area contributed by atoms with Crippen LogP contribution < -0.4 is 0 Å². The fourth-order valence-corrected chi connectivity index (χ4v) is 4.12. The minimum Gasteiger partial charge on any atom is -0.367 e. The van der Waals surface area contributed by atoms with Crippen LogP contribution in [0.3, 0.4) is 0 Å². The average Bonchev–Trinajstić information content (AvgIpc) is 2.45. The van der Waals surface area contributed by atoms with Crippen LogP contribution in [0.25, 0.3) is 0 Å². The Labute approximate surface area is 152 Å². The number of halogens is 4. The molecule has 0 N–H and O–H groups in total. The van der Waals surface area contributed by atoms with Crippen LogP contribution in [0.2, 0.25) is 0 Å². The maximum atomic E-state index is 6.43. The Morgan fingerprint density at radius 1 is 1.10 bits per heavy atom. The highest BCUT2D eigenvalue weighted by Gasteiger charge is 2.41. The molecule has 2 aliphatic rings. The molecule has 2 fully saturated rings. The van der Waals surface area contributed by atoms with Crippen LogP contribution in [-0.2, 0) is 9.47 Å². The summed E-state index contributed by atoms with van der Waals surface area (Å²) in [5, 5.41) is -0.289. The topological polar surface area (TPSA) is 18.5 Å². The Balaban J connectivity index is 2.17. The molecule has 0 spiro atoms. The van der Waals surface area contributed by atoms with Gasteiger partial charge in [0.1, 0.15) is 0 Å². The molecule has 0 aromatic carbocycles. The van der Waals surface area contributed by atoms with E-state index in [1.165, 1.54) is 0 Å². The fourth-order valence-electron chi connectivity index (χ4n) is 2.71. The van der Waals surface area contributed by atoms with Crippen molar-refractivity contribution in [2.75, 3.05) is 0 Å². The van der Waals surface area contributed by atoms with Gasteiger partial charge in [0.05, 0.1) is 35.2 Å². The summed E-state index contributed by atoms with van der Waals surface area (Å²) in [5.74, 6) is 0. The van der Waals surface area contributed by atoms with E-state index in [4.69, 9.17) is 32.7 Å². The van der Waals surface area contributed by atoms with E-state index in [-0.39, 0.29) is 40.0 Å². The molecule has 2 saturated heterocycles. The summed E-state index contributed by atoms with van der Waals surface area (Å²) >= 11 is 19.7. The third-order valence-corrected chi connectivity index (χ3v) is 6.05. The largest absolute Gasteiger partial charge is 0.367 e. The van der Waals surface area contributed by atoms with Gasteiger partial charge in [0.2, 0.25) is 0 Å². The first-order valence-electron chi connectivity index (χ1n) is 6.92. The zero-order valence-corrected chi connectivity index (χ0v) is 16.1. The van der Waals surface area contributed by atoms with Crippen molar-refractivity contribution in [2.45, 2.75) is 59.3 Å². The van der Waals surface area contributed by atoms with Crippen molar-refractivity contribution in [2.24, 2.45) is 0 Å². The first-order valence-corrected chi connectivity index (χ1v) is 9.62. The van der Waals surface area contributed by atoms with Gasteiger partial charge in [0.25, 0.3) is 0 Å². The second-order valence-electron chi connectivity index (χ2n) is 5.29. The van der Waals surface area contributed by atoms with E-state index in [1.54, 1.807) is 4.99 Å². The maximum absolute atomic E-state index is 6.43. The number of alkyl halides is 3. The van der Waals surface area contributed by atoms with Gasteiger partial charge in [-0.15, -0.1) is 35.5 Å². The van der Waals surface area contributed by atoms with E-state index in [0.29, 0.717) is 12.8 Å². The van der Waals surface area contributed by atoms with Crippen LogP contribution in [0, 0.1) is 0 Å². The molecule has 2 rings (SSSR count). The molecule has 7 atom stereocenters. The van der Waals surface area contributed by atoms with Gasteiger partial charge in [0, 0.05) is 9.81 Å². The van der Waals surface area contributed by atoms with Gasteiger partial charge < -0.3 is 9.47 Å². The smallest absolute Gasteiger partial charge is 0.0884 e. The van der Waals surface area contributed by atoms with Gasteiger partial charge in [-0.3, -0.25) is 0 Å².